The zero-order valence-corrected chi connectivity index (χ0v) is 22.3. The molecule has 196 valence electrons. The predicted octanol–water partition coefficient (Wildman–Crippen LogP) is 8.75. The van der Waals surface area contributed by atoms with Crippen molar-refractivity contribution in [1.29, 1.82) is 0 Å². The molecule has 0 N–H and O–H groups in total. The molecule has 0 saturated heterocycles. The molecule has 4 heterocycles. The van der Waals surface area contributed by atoms with Crippen LogP contribution in [0.2, 0.25) is 0 Å². The van der Waals surface area contributed by atoms with Gasteiger partial charge in [0.1, 0.15) is 11.1 Å². The van der Waals surface area contributed by atoms with Crippen molar-refractivity contribution in [1.82, 2.24) is 24.5 Å². The first-order chi connectivity index (χ1) is 20.8. The maximum Gasteiger partial charge on any atom is 0.238 e. The molecule has 0 saturated carbocycles. The van der Waals surface area contributed by atoms with Crippen molar-refractivity contribution in [2.75, 3.05) is 0 Å². The average molecular weight is 540 g/mol. The Hall–Kier alpha value is -5.88. The summed E-state index contributed by atoms with van der Waals surface area (Å²) in [4.78, 5) is 19.6. The van der Waals surface area contributed by atoms with E-state index in [1.165, 1.54) is 0 Å². The number of fused-ring (bicyclic) bond motifs is 9. The lowest BCUT2D eigenvalue weighted by Gasteiger charge is -2.11. The van der Waals surface area contributed by atoms with Crippen LogP contribution < -0.4 is 0 Å². The second-order valence-corrected chi connectivity index (χ2v) is 10.3. The number of hydrogen-bond acceptors (Lipinski definition) is 5. The molecule has 0 aliphatic heterocycles. The molecular weight excluding hydrogens is 518 g/mol. The summed E-state index contributed by atoms with van der Waals surface area (Å²) in [5.74, 6) is 1.74. The quantitative estimate of drug-likeness (QED) is 0.224. The molecule has 4 aromatic heterocycles. The molecule has 42 heavy (non-hydrogen) atoms. The fourth-order valence-corrected chi connectivity index (χ4v) is 6.04. The average Bonchev–Trinajstić information content (AvgIpc) is 3.61. The van der Waals surface area contributed by atoms with Crippen molar-refractivity contribution in [3.63, 3.8) is 0 Å². The third-order valence-electron chi connectivity index (χ3n) is 7.94. The van der Waals surface area contributed by atoms with Crippen molar-refractivity contribution in [3.8, 4) is 28.7 Å². The molecule has 5 aromatic carbocycles. The fourth-order valence-electron chi connectivity index (χ4n) is 6.04. The molecule has 0 aliphatic carbocycles. The van der Waals surface area contributed by atoms with Crippen molar-refractivity contribution in [3.05, 3.63) is 128 Å². The van der Waals surface area contributed by atoms with Crippen LogP contribution in [0.5, 0.6) is 0 Å². The topological polar surface area (TPSA) is 69.6 Å². The summed E-state index contributed by atoms with van der Waals surface area (Å²) in [6, 6.07) is 38.9. The van der Waals surface area contributed by atoms with E-state index in [0.717, 1.165) is 65.6 Å². The lowest BCUT2D eigenvalue weighted by Crippen LogP contribution is -2.06. The van der Waals surface area contributed by atoms with Gasteiger partial charge in [-0.05, 0) is 29.7 Å². The largest absolute Gasteiger partial charge is 0.454 e. The molecular formula is C36H21N5O. The fraction of sp³-hybridized carbons (Fsp3) is 0. The number of benzene rings is 5. The van der Waals surface area contributed by atoms with Crippen molar-refractivity contribution >= 4 is 54.5 Å². The van der Waals surface area contributed by atoms with E-state index in [1.807, 2.05) is 97.3 Å². The highest BCUT2D eigenvalue weighted by atomic mass is 16.3. The minimum absolute atomic E-state index is 0.527. The first-order valence-corrected chi connectivity index (χ1v) is 13.8. The Labute approximate surface area is 239 Å². The molecule has 0 radical (unpaired) electrons. The lowest BCUT2D eigenvalue weighted by molar-refractivity contribution is 0.670. The van der Waals surface area contributed by atoms with Gasteiger partial charge in [0, 0.05) is 50.5 Å². The number of para-hydroxylation sites is 1. The summed E-state index contributed by atoms with van der Waals surface area (Å²) >= 11 is 0. The zero-order chi connectivity index (χ0) is 27.6. The van der Waals surface area contributed by atoms with Crippen molar-refractivity contribution in [2.24, 2.45) is 0 Å². The van der Waals surface area contributed by atoms with E-state index in [1.54, 1.807) is 0 Å². The van der Waals surface area contributed by atoms with E-state index >= 15 is 0 Å². The Kier molecular flexibility index (Phi) is 4.80. The SMILES string of the molecule is c1ccc(-c2nc(-c3ccccc3)nc(-n3c4ccc5ccncc5c4c4ccc5c6ccccc6oc5c43)n2)cc1. The zero-order valence-electron chi connectivity index (χ0n) is 22.3. The van der Waals surface area contributed by atoms with Gasteiger partial charge in [0.15, 0.2) is 17.2 Å². The number of nitrogens with zero attached hydrogens (tertiary/aromatic N) is 5. The Bertz CT molecular complexity index is 2400. The van der Waals surface area contributed by atoms with Gasteiger partial charge in [-0.2, -0.15) is 9.97 Å². The monoisotopic (exact) mass is 539 g/mol. The highest BCUT2D eigenvalue weighted by Crippen LogP contribution is 2.42. The number of aromatic nitrogens is 5. The maximum absolute atomic E-state index is 6.59. The molecule has 0 aliphatic rings. The van der Waals surface area contributed by atoms with Crippen LogP contribution >= 0.6 is 0 Å². The molecule has 9 rings (SSSR count). The third-order valence-corrected chi connectivity index (χ3v) is 7.94. The van der Waals surface area contributed by atoms with Crippen LogP contribution in [-0.2, 0) is 0 Å². The highest BCUT2D eigenvalue weighted by Gasteiger charge is 2.23. The van der Waals surface area contributed by atoms with Crippen LogP contribution in [0, 0.1) is 0 Å². The molecule has 6 nitrogen and oxygen atoms in total. The van der Waals surface area contributed by atoms with E-state index in [4.69, 9.17) is 19.4 Å². The van der Waals surface area contributed by atoms with Crippen molar-refractivity contribution in [2.45, 2.75) is 0 Å². The van der Waals surface area contributed by atoms with E-state index < -0.39 is 0 Å². The second-order valence-electron chi connectivity index (χ2n) is 10.3. The number of pyridine rings is 1. The molecule has 9 aromatic rings. The second kappa shape index (κ2) is 8.81. The number of hydrogen-bond donors (Lipinski definition) is 0. The highest BCUT2D eigenvalue weighted by molar-refractivity contribution is 6.26. The standard InChI is InChI=1S/C36H21N5O/c1-3-9-23(10-4-1)34-38-35(24-11-5-2-6-12-24)40-36(39-34)41-29-18-15-22-19-20-37-21-28(22)31(29)27-17-16-26-25-13-7-8-14-30(25)42-33(26)32(27)41/h1-21H. The van der Waals surface area contributed by atoms with Gasteiger partial charge in [0.25, 0.3) is 0 Å². The summed E-state index contributed by atoms with van der Waals surface area (Å²) in [7, 11) is 0. The van der Waals surface area contributed by atoms with Gasteiger partial charge in [-0.25, -0.2) is 4.98 Å². The van der Waals surface area contributed by atoms with Gasteiger partial charge in [0.05, 0.1) is 5.52 Å². The van der Waals surface area contributed by atoms with Crippen LogP contribution in [-0.4, -0.2) is 24.5 Å². The van der Waals surface area contributed by atoms with Gasteiger partial charge in [-0.3, -0.25) is 9.55 Å². The maximum atomic E-state index is 6.59. The van der Waals surface area contributed by atoms with Gasteiger partial charge >= 0.3 is 0 Å². The van der Waals surface area contributed by atoms with E-state index in [2.05, 4.69) is 39.9 Å². The summed E-state index contributed by atoms with van der Waals surface area (Å²) in [5, 5.41) is 6.44. The van der Waals surface area contributed by atoms with Crippen molar-refractivity contribution < 1.29 is 4.42 Å². The minimum atomic E-state index is 0.527. The van der Waals surface area contributed by atoms with Crippen LogP contribution in [0.3, 0.4) is 0 Å². The van der Waals surface area contributed by atoms with Crippen LogP contribution in [0.15, 0.2) is 132 Å². The van der Waals surface area contributed by atoms with Gasteiger partial charge in [-0.1, -0.05) is 91.0 Å². The first-order valence-electron chi connectivity index (χ1n) is 13.8. The molecule has 0 spiro atoms. The first kappa shape index (κ1) is 22.9. The molecule has 0 fully saturated rings. The molecule has 0 atom stereocenters. The normalized spacial score (nSPS) is 11.8. The molecule has 6 heteroatoms. The predicted molar refractivity (Wildman–Crippen MR) is 168 cm³/mol. The minimum Gasteiger partial charge on any atom is -0.454 e. The summed E-state index contributed by atoms with van der Waals surface area (Å²) in [6.07, 6.45) is 3.76. The molecule has 0 amide bonds. The smallest absolute Gasteiger partial charge is 0.238 e. The van der Waals surface area contributed by atoms with Crippen LogP contribution in [0.1, 0.15) is 0 Å². The molecule has 0 bridgehead atoms. The molecule has 0 unspecified atom stereocenters. The van der Waals surface area contributed by atoms with Crippen LogP contribution in [0.25, 0.3) is 83.2 Å². The Morgan fingerprint density at radius 2 is 1.24 bits per heavy atom. The summed E-state index contributed by atoms with van der Waals surface area (Å²) in [6.45, 7) is 0. The van der Waals surface area contributed by atoms with E-state index in [0.29, 0.717) is 17.6 Å². The van der Waals surface area contributed by atoms with Crippen LogP contribution in [0.4, 0.5) is 0 Å². The van der Waals surface area contributed by atoms with E-state index in [9.17, 15) is 0 Å². The number of rotatable bonds is 3. The van der Waals surface area contributed by atoms with Gasteiger partial charge < -0.3 is 4.42 Å². The Balaban J connectivity index is 1.48. The Morgan fingerprint density at radius 3 is 2.00 bits per heavy atom. The lowest BCUT2D eigenvalue weighted by atomic mass is 10.0. The Morgan fingerprint density at radius 1 is 0.548 bits per heavy atom. The van der Waals surface area contributed by atoms with E-state index in [-0.39, 0.29) is 0 Å². The third kappa shape index (κ3) is 3.32. The number of furan rings is 1. The van der Waals surface area contributed by atoms with Gasteiger partial charge in [-0.15, -0.1) is 0 Å². The summed E-state index contributed by atoms with van der Waals surface area (Å²) < 4.78 is 8.72. The van der Waals surface area contributed by atoms with Gasteiger partial charge in [0.2, 0.25) is 5.95 Å². The summed E-state index contributed by atoms with van der Waals surface area (Å²) in [5.41, 5.74) is 5.37.